The van der Waals surface area contributed by atoms with Crippen LogP contribution < -0.4 is 9.13 Å². The third kappa shape index (κ3) is 8.46. The molecule has 0 aliphatic heterocycles. The van der Waals surface area contributed by atoms with Crippen LogP contribution in [0.4, 0.5) is 0 Å². The normalized spacial score (nSPS) is 11.5. The molecule has 6 nitrogen and oxygen atoms in total. The number of pyridine rings is 2. The maximum absolute atomic E-state index is 4.11. The highest BCUT2D eigenvalue weighted by Crippen LogP contribution is 2.20. The van der Waals surface area contributed by atoms with Crippen LogP contribution in [0, 0.1) is 0 Å². The lowest BCUT2D eigenvalue weighted by Crippen LogP contribution is -2.34. The van der Waals surface area contributed by atoms with Crippen LogP contribution in [0.25, 0.3) is 35.7 Å². The molecule has 6 aromatic rings. The van der Waals surface area contributed by atoms with E-state index in [9.17, 15) is 0 Å². The molecule has 44 heavy (non-hydrogen) atoms. The summed E-state index contributed by atoms with van der Waals surface area (Å²) in [6.07, 6.45) is 28.4. The van der Waals surface area contributed by atoms with Crippen molar-refractivity contribution in [2.24, 2.45) is 0 Å². The number of aromatic nitrogens is 6. The maximum Gasteiger partial charge on any atom is 0.169 e. The number of imidazole rings is 2. The fraction of sp³-hybridized carbons (Fsp3) is 0.111. The first-order valence-electron chi connectivity index (χ1n) is 14.5. The van der Waals surface area contributed by atoms with Gasteiger partial charge in [-0.3, -0.25) is 0 Å². The van der Waals surface area contributed by atoms with Crippen molar-refractivity contribution < 1.29 is 9.13 Å². The van der Waals surface area contributed by atoms with Crippen molar-refractivity contribution in [3.05, 3.63) is 157 Å². The van der Waals surface area contributed by atoms with Gasteiger partial charge in [-0.2, -0.15) is 0 Å². The summed E-state index contributed by atoms with van der Waals surface area (Å²) in [5, 5.41) is 0. The second-order valence-corrected chi connectivity index (χ2v) is 12.9. The third-order valence-corrected chi connectivity index (χ3v) is 9.48. The molecule has 4 aromatic heterocycles. The Kier molecular flexibility index (Phi) is 10.1. The molecular formula is C36H34N6S2+2. The van der Waals surface area contributed by atoms with Gasteiger partial charge in [0.2, 0.25) is 0 Å². The van der Waals surface area contributed by atoms with Crippen molar-refractivity contribution in [3.63, 3.8) is 0 Å². The fourth-order valence-corrected chi connectivity index (χ4v) is 6.55. The van der Waals surface area contributed by atoms with E-state index in [1.165, 1.54) is 22.3 Å². The van der Waals surface area contributed by atoms with Gasteiger partial charge in [-0.25, -0.2) is 19.1 Å². The van der Waals surface area contributed by atoms with Crippen LogP contribution in [0.3, 0.4) is 0 Å². The van der Waals surface area contributed by atoms with Crippen molar-refractivity contribution in [1.29, 1.82) is 0 Å². The van der Waals surface area contributed by atoms with Gasteiger partial charge >= 0.3 is 0 Å². The molecule has 0 atom stereocenters. The van der Waals surface area contributed by atoms with Crippen molar-refractivity contribution in [2.45, 2.75) is 13.1 Å². The van der Waals surface area contributed by atoms with Gasteiger partial charge < -0.3 is 9.13 Å². The second kappa shape index (κ2) is 15.2. The minimum absolute atomic E-state index is 0.998. The van der Waals surface area contributed by atoms with E-state index in [4.69, 9.17) is 0 Å². The Labute approximate surface area is 266 Å². The monoisotopic (exact) mass is 614 g/mol. The number of hydrogen-bond donors (Lipinski definition) is 0. The summed E-state index contributed by atoms with van der Waals surface area (Å²) in [6, 6.07) is 25.6. The van der Waals surface area contributed by atoms with Gasteiger partial charge in [0.15, 0.2) is 37.9 Å². The van der Waals surface area contributed by atoms with Crippen molar-refractivity contribution in [2.75, 3.05) is 11.5 Å². The van der Waals surface area contributed by atoms with E-state index in [1.807, 2.05) is 55.8 Å². The molecule has 0 spiro atoms. The van der Waals surface area contributed by atoms with Gasteiger partial charge in [0.25, 0.3) is 0 Å². The second-order valence-electron chi connectivity index (χ2n) is 10.2. The molecule has 0 aliphatic rings. The van der Waals surface area contributed by atoms with Gasteiger partial charge in [-0.15, -0.1) is 0 Å². The third-order valence-electron chi connectivity index (χ3n) is 7.11. The summed E-state index contributed by atoms with van der Waals surface area (Å²) < 4.78 is 8.51. The fourth-order valence-electron chi connectivity index (χ4n) is 4.59. The summed E-state index contributed by atoms with van der Waals surface area (Å²) in [5.74, 6) is 2.15. The number of rotatable bonds is 13. The first-order chi connectivity index (χ1) is 21.8. The molecule has 0 N–H and O–H groups in total. The Hall–Kier alpha value is -4.66. The van der Waals surface area contributed by atoms with Crippen molar-refractivity contribution in [1.82, 2.24) is 19.1 Å². The lowest BCUT2D eigenvalue weighted by Gasteiger charge is -2.02. The Morgan fingerprint density at radius 3 is 1.20 bits per heavy atom. The van der Waals surface area contributed by atoms with Crippen LogP contribution in [-0.4, -0.2) is 30.6 Å². The van der Waals surface area contributed by atoms with Crippen LogP contribution in [0.2, 0.25) is 0 Å². The molecule has 0 radical (unpaired) electrons. The van der Waals surface area contributed by atoms with Crippen LogP contribution in [0.5, 0.6) is 0 Å². The highest BCUT2D eigenvalue weighted by Gasteiger charge is 2.04. The highest BCUT2D eigenvalue weighted by atomic mass is 33.1. The van der Waals surface area contributed by atoms with E-state index in [1.54, 1.807) is 12.4 Å². The standard InChI is InChI=1S/C36H34N6S2/c1(31-5-9-35(10-6-31)41-23-17-37-29-41)3-33-13-19-39(20-14-33)25-27-43-44-28-26-40-21-15-34(16-22-40)4-2-32-7-11-36(12-8-32)42-24-18-38-30-42/h1-24,29-30H,25-28H2/q+2. The average Bonchev–Trinajstić information content (AvgIpc) is 3.82. The van der Waals surface area contributed by atoms with Crippen molar-refractivity contribution in [3.8, 4) is 11.4 Å². The molecule has 8 heteroatoms. The SMILES string of the molecule is C(=C\c1cc[n+](CCSSCC[n+]2ccc(/C=C/c3ccc(-n4ccnc4)cc3)cc2)cc1)/c1ccc(-n2ccnc2)cc1. The summed E-state index contributed by atoms with van der Waals surface area (Å²) in [5.41, 5.74) is 6.96. The van der Waals surface area contributed by atoms with Crippen molar-refractivity contribution >= 4 is 45.9 Å². The molecular weight excluding hydrogens is 581 g/mol. The van der Waals surface area contributed by atoms with E-state index >= 15 is 0 Å². The summed E-state index contributed by atoms with van der Waals surface area (Å²) in [4.78, 5) is 8.22. The molecule has 2 aromatic carbocycles. The molecule has 0 unspecified atom stereocenters. The Balaban J connectivity index is 0.871. The molecule has 0 bridgehead atoms. The zero-order chi connectivity index (χ0) is 29.8. The quantitative estimate of drug-likeness (QED) is 0.0794. The van der Waals surface area contributed by atoms with E-state index < -0.39 is 0 Å². The van der Waals surface area contributed by atoms with Crippen LogP contribution in [-0.2, 0) is 13.1 Å². The molecule has 0 aliphatic carbocycles. The van der Waals surface area contributed by atoms with Gasteiger partial charge in [-0.1, -0.05) is 70.2 Å². The molecule has 0 saturated heterocycles. The van der Waals surface area contributed by atoms with Gasteiger partial charge in [0.1, 0.15) is 0 Å². The highest BCUT2D eigenvalue weighted by molar-refractivity contribution is 8.76. The summed E-state index contributed by atoms with van der Waals surface area (Å²) >= 11 is 0. The summed E-state index contributed by atoms with van der Waals surface area (Å²) in [7, 11) is 3.87. The molecule has 0 saturated carbocycles. The van der Waals surface area contributed by atoms with Crippen LogP contribution >= 0.6 is 21.6 Å². The predicted octanol–water partition coefficient (Wildman–Crippen LogP) is 7.06. The summed E-state index contributed by atoms with van der Waals surface area (Å²) in [6.45, 7) is 2.00. The zero-order valence-electron chi connectivity index (χ0n) is 24.3. The minimum atomic E-state index is 0.998. The van der Waals surface area contributed by atoms with Gasteiger partial charge in [0, 0.05) is 60.4 Å². The van der Waals surface area contributed by atoms with E-state index in [0.29, 0.717) is 0 Å². The average molecular weight is 615 g/mol. The smallest absolute Gasteiger partial charge is 0.169 e. The lowest BCUT2D eigenvalue weighted by molar-refractivity contribution is -0.692. The Bertz CT molecular complexity index is 1620. The number of benzene rings is 2. The molecule has 0 fully saturated rings. The number of nitrogens with zero attached hydrogens (tertiary/aromatic N) is 6. The molecule has 4 heterocycles. The number of hydrogen-bond acceptors (Lipinski definition) is 4. The van der Waals surface area contributed by atoms with Gasteiger partial charge in [0.05, 0.1) is 24.2 Å². The molecule has 218 valence electrons. The first kappa shape index (κ1) is 29.4. The maximum atomic E-state index is 4.11. The van der Waals surface area contributed by atoms with Crippen LogP contribution in [0.15, 0.2) is 135 Å². The Morgan fingerprint density at radius 2 is 0.864 bits per heavy atom. The van der Waals surface area contributed by atoms with E-state index in [0.717, 1.165) is 36.0 Å². The zero-order valence-corrected chi connectivity index (χ0v) is 26.0. The predicted molar refractivity (Wildman–Crippen MR) is 183 cm³/mol. The van der Waals surface area contributed by atoms with E-state index in [2.05, 4.69) is 141 Å². The molecule has 6 rings (SSSR count). The van der Waals surface area contributed by atoms with Gasteiger partial charge in [-0.05, 0) is 46.5 Å². The van der Waals surface area contributed by atoms with Crippen LogP contribution in [0.1, 0.15) is 22.3 Å². The lowest BCUT2D eigenvalue weighted by atomic mass is 10.1. The number of aryl methyl sites for hydroxylation is 2. The molecule has 0 amide bonds. The topological polar surface area (TPSA) is 43.4 Å². The van der Waals surface area contributed by atoms with E-state index in [-0.39, 0.29) is 0 Å². The minimum Gasteiger partial charge on any atom is -0.306 e. The Morgan fingerprint density at radius 1 is 0.500 bits per heavy atom. The largest absolute Gasteiger partial charge is 0.306 e. The first-order valence-corrected chi connectivity index (χ1v) is 17.0.